The third-order valence-corrected chi connectivity index (χ3v) is 8.42. The van der Waals surface area contributed by atoms with Gasteiger partial charge in [-0.25, -0.2) is 4.98 Å². The van der Waals surface area contributed by atoms with E-state index < -0.39 is 5.41 Å². The molecule has 0 bridgehead atoms. The van der Waals surface area contributed by atoms with E-state index in [2.05, 4.69) is 50.9 Å². The maximum Gasteiger partial charge on any atom is 0.311 e. The summed E-state index contributed by atoms with van der Waals surface area (Å²) >= 11 is 1.40. The zero-order valence-corrected chi connectivity index (χ0v) is 19.4. The van der Waals surface area contributed by atoms with E-state index in [9.17, 15) is 10.1 Å². The normalized spacial score (nSPS) is 27.8. The van der Waals surface area contributed by atoms with E-state index in [0.29, 0.717) is 10.9 Å². The van der Waals surface area contributed by atoms with Crippen molar-refractivity contribution in [2.45, 2.75) is 71.1 Å². The van der Waals surface area contributed by atoms with E-state index in [1.807, 2.05) is 5.38 Å². The van der Waals surface area contributed by atoms with Crippen molar-refractivity contribution in [2.75, 3.05) is 7.11 Å². The highest BCUT2D eigenvalue weighted by Crippen LogP contribution is 2.58. The number of hydrogen-bond donors (Lipinski definition) is 0. The number of aromatic nitrogens is 1. The lowest BCUT2D eigenvalue weighted by Crippen LogP contribution is -2.52. The number of hydrogen-bond acceptors (Lipinski definition) is 5. The Morgan fingerprint density at radius 2 is 2.10 bits per heavy atom. The molecule has 1 aromatic carbocycles. The molecule has 2 aliphatic rings. The van der Waals surface area contributed by atoms with Gasteiger partial charge in [0.25, 0.3) is 0 Å². The molecule has 0 aliphatic heterocycles. The Kier molecular flexibility index (Phi) is 5.26. The zero-order chi connectivity index (χ0) is 21.7. The molecule has 0 unspecified atom stereocenters. The highest BCUT2D eigenvalue weighted by Gasteiger charge is 2.55. The average molecular weight is 423 g/mol. The van der Waals surface area contributed by atoms with E-state index in [1.54, 1.807) is 0 Å². The molecule has 30 heavy (non-hydrogen) atoms. The molecule has 2 aliphatic carbocycles. The Morgan fingerprint density at radius 1 is 1.33 bits per heavy atom. The minimum Gasteiger partial charge on any atom is -0.469 e. The summed E-state index contributed by atoms with van der Waals surface area (Å²) in [6, 6.07) is 6.86. The van der Waals surface area contributed by atoms with Crippen LogP contribution in [0.25, 0.3) is 11.3 Å². The van der Waals surface area contributed by atoms with E-state index >= 15 is 0 Å². The summed E-state index contributed by atoms with van der Waals surface area (Å²) in [5, 5.41) is 11.7. The number of ether oxygens (including phenoxy) is 1. The number of carbonyl (C=O) groups is 1. The Morgan fingerprint density at radius 3 is 2.73 bits per heavy atom. The van der Waals surface area contributed by atoms with E-state index in [-0.39, 0.29) is 17.3 Å². The van der Waals surface area contributed by atoms with Gasteiger partial charge in [0.15, 0.2) is 5.01 Å². The van der Waals surface area contributed by atoms with Crippen LogP contribution in [-0.2, 0) is 21.4 Å². The van der Waals surface area contributed by atoms with E-state index in [4.69, 9.17) is 4.74 Å². The van der Waals surface area contributed by atoms with Crippen LogP contribution in [0.2, 0.25) is 0 Å². The summed E-state index contributed by atoms with van der Waals surface area (Å²) in [6.07, 6.45) is 5.00. The smallest absolute Gasteiger partial charge is 0.311 e. The Labute approximate surface area is 183 Å². The number of fused-ring (bicyclic) bond motifs is 3. The topological polar surface area (TPSA) is 63.0 Å². The lowest BCUT2D eigenvalue weighted by molar-refractivity contribution is -0.161. The maximum absolute atomic E-state index is 12.8. The Hall–Kier alpha value is -2.19. The van der Waals surface area contributed by atoms with Crippen LogP contribution >= 0.6 is 11.3 Å². The predicted octanol–water partition coefficient (Wildman–Crippen LogP) is 5.99. The van der Waals surface area contributed by atoms with Gasteiger partial charge in [-0.1, -0.05) is 33.3 Å². The molecule has 0 radical (unpaired) electrons. The first-order chi connectivity index (χ1) is 14.2. The highest BCUT2D eigenvalue weighted by atomic mass is 32.1. The first kappa shape index (κ1) is 21.1. The first-order valence-electron chi connectivity index (χ1n) is 10.9. The van der Waals surface area contributed by atoms with Gasteiger partial charge < -0.3 is 4.74 Å². The van der Waals surface area contributed by atoms with Crippen molar-refractivity contribution < 1.29 is 9.53 Å². The monoisotopic (exact) mass is 422 g/mol. The molecule has 5 heteroatoms. The van der Waals surface area contributed by atoms with E-state index in [0.717, 1.165) is 43.4 Å². The van der Waals surface area contributed by atoms with Crippen LogP contribution in [0.3, 0.4) is 0 Å². The number of benzene rings is 1. The van der Waals surface area contributed by atoms with Crippen molar-refractivity contribution in [1.29, 1.82) is 5.26 Å². The van der Waals surface area contributed by atoms with Gasteiger partial charge in [0.2, 0.25) is 0 Å². The van der Waals surface area contributed by atoms with Crippen molar-refractivity contribution in [1.82, 2.24) is 4.98 Å². The molecule has 0 spiro atoms. The molecule has 0 saturated heterocycles. The summed E-state index contributed by atoms with van der Waals surface area (Å²) in [6.45, 7) is 8.88. The van der Waals surface area contributed by atoms with Crippen molar-refractivity contribution in [3.05, 3.63) is 39.2 Å². The number of nitrogens with zero attached hydrogens (tertiary/aromatic N) is 2. The quantitative estimate of drug-likeness (QED) is 0.570. The molecule has 4 rings (SSSR count). The summed E-state index contributed by atoms with van der Waals surface area (Å²) in [5.41, 5.74) is 5.58. The van der Waals surface area contributed by atoms with Crippen LogP contribution in [-0.4, -0.2) is 18.1 Å². The molecule has 1 heterocycles. The first-order valence-corrected chi connectivity index (χ1v) is 11.7. The molecule has 3 atom stereocenters. The number of methoxy groups -OCH3 is 1. The summed E-state index contributed by atoms with van der Waals surface area (Å²) in [5.74, 6) is 0.565. The molecular formula is C25H30N2O2S. The summed E-state index contributed by atoms with van der Waals surface area (Å²) in [4.78, 5) is 17.4. The lowest BCUT2D eigenvalue weighted by Gasteiger charge is -2.54. The van der Waals surface area contributed by atoms with Crippen molar-refractivity contribution >= 4 is 17.3 Å². The highest BCUT2D eigenvalue weighted by molar-refractivity contribution is 7.10. The molecule has 158 valence electrons. The number of esters is 1. The molecular weight excluding hydrogens is 392 g/mol. The minimum atomic E-state index is -0.440. The fraction of sp³-hybridized carbons (Fsp3) is 0.560. The second-order valence-corrected chi connectivity index (χ2v) is 10.5. The van der Waals surface area contributed by atoms with Crippen molar-refractivity contribution in [3.63, 3.8) is 0 Å². The van der Waals surface area contributed by atoms with Crippen LogP contribution in [0.1, 0.15) is 81.0 Å². The average Bonchev–Trinajstić information content (AvgIpc) is 3.21. The van der Waals surface area contributed by atoms with Gasteiger partial charge in [0.05, 0.1) is 18.2 Å². The fourth-order valence-corrected chi connectivity index (χ4v) is 6.77. The number of nitriles is 1. The van der Waals surface area contributed by atoms with Gasteiger partial charge in [-0.15, -0.1) is 11.3 Å². The number of rotatable bonds is 3. The maximum atomic E-state index is 12.8. The Bertz CT molecular complexity index is 1030. The molecule has 0 N–H and O–H groups in total. The number of aryl methyl sites for hydroxylation is 1. The molecule has 1 saturated carbocycles. The molecule has 1 fully saturated rings. The predicted molar refractivity (Wildman–Crippen MR) is 119 cm³/mol. The second kappa shape index (κ2) is 7.50. The standard InChI is InChI=1S/C25H30N2O2S/c1-15(2)17-11-16-7-8-21-24(3,9-6-10-25(21,4)23(28)29-5)19(16)12-18(17)20-14-30-22(13-26)27-20/h11-12,14-15,21H,6-10H2,1-5H3/t21-,24-,25-/m1/s1. The van der Waals surface area contributed by atoms with Crippen molar-refractivity contribution in [3.8, 4) is 17.3 Å². The largest absolute Gasteiger partial charge is 0.469 e. The minimum absolute atomic E-state index is 0.0624. The molecule has 4 nitrogen and oxygen atoms in total. The second-order valence-electron chi connectivity index (χ2n) is 9.67. The van der Waals surface area contributed by atoms with Crippen LogP contribution in [0, 0.1) is 22.7 Å². The van der Waals surface area contributed by atoms with Crippen LogP contribution in [0.5, 0.6) is 0 Å². The third kappa shape index (κ3) is 3.08. The van der Waals surface area contributed by atoms with Gasteiger partial charge in [0.1, 0.15) is 6.07 Å². The third-order valence-electron chi connectivity index (χ3n) is 7.67. The number of thiazole rings is 1. The molecule has 1 aromatic heterocycles. The summed E-state index contributed by atoms with van der Waals surface area (Å²) < 4.78 is 5.26. The SMILES string of the molecule is COC(=O)[C@]1(C)CCC[C@]2(C)c3cc(-c4csc(C#N)n4)c(C(C)C)cc3CC[C@@H]12. The van der Waals surface area contributed by atoms with E-state index in [1.165, 1.54) is 35.1 Å². The van der Waals surface area contributed by atoms with Gasteiger partial charge in [-0.05, 0) is 72.6 Å². The van der Waals surface area contributed by atoms with Crippen LogP contribution in [0.4, 0.5) is 0 Å². The van der Waals surface area contributed by atoms with Gasteiger partial charge in [-0.3, -0.25) is 4.79 Å². The van der Waals surface area contributed by atoms with Gasteiger partial charge >= 0.3 is 5.97 Å². The molecule has 0 amide bonds. The van der Waals surface area contributed by atoms with Gasteiger partial charge in [0, 0.05) is 10.9 Å². The van der Waals surface area contributed by atoms with Crippen LogP contribution in [0.15, 0.2) is 17.5 Å². The zero-order valence-electron chi connectivity index (χ0n) is 18.5. The summed E-state index contributed by atoms with van der Waals surface area (Å²) in [7, 11) is 1.51. The van der Waals surface area contributed by atoms with Gasteiger partial charge in [-0.2, -0.15) is 5.26 Å². The van der Waals surface area contributed by atoms with Crippen LogP contribution < -0.4 is 0 Å². The number of carbonyl (C=O) groups excluding carboxylic acids is 1. The lowest BCUT2D eigenvalue weighted by atomic mass is 9.49. The van der Waals surface area contributed by atoms with Crippen molar-refractivity contribution in [2.24, 2.45) is 11.3 Å². The Balaban J connectivity index is 1.89. The molecule has 2 aromatic rings. The fourth-order valence-electron chi connectivity index (χ4n) is 6.16.